The number of unbranched alkanes of at least 4 members (excludes halogenated alkanes) is 1. The first-order valence-corrected chi connectivity index (χ1v) is 7.60. The molecule has 0 radical (unpaired) electrons. The van der Waals surface area contributed by atoms with E-state index in [0.29, 0.717) is 0 Å². The highest BCUT2D eigenvalue weighted by Gasteiger charge is 2.38. The van der Waals surface area contributed by atoms with Crippen LogP contribution in [-0.4, -0.2) is 24.0 Å². The summed E-state index contributed by atoms with van der Waals surface area (Å²) >= 11 is 0. The van der Waals surface area contributed by atoms with Crippen LogP contribution in [0.5, 0.6) is 0 Å². The molecule has 2 heterocycles. The van der Waals surface area contributed by atoms with Crippen LogP contribution < -0.4 is 0 Å². The Kier molecular flexibility index (Phi) is 4.69. The summed E-state index contributed by atoms with van der Waals surface area (Å²) in [5.74, 6) is 2.09. The van der Waals surface area contributed by atoms with Crippen molar-refractivity contribution in [3.8, 4) is 0 Å². The summed E-state index contributed by atoms with van der Waals surface area (Å²) in [6.45, 7) is 7.49. The first-order valence-electron chi connectivity index (χ1n) is 7.60. The summed E-state index contributed by atoms with van der Waals surface area (Å²) in [5, 5.41) is 0. The van der Waals surface area contributed by atoms with Crippen LogP contribution in [0.25, 0.3) is 0 Å². The molecule has 2 aliphatic heterocycles. The van der Waals surface area contributed by atoms with Crippen LogP contribution in [0.1, 0.15) is 65.2 Å². The molecule has 2 aliphatic rings. The summed E-state index contributed by atoms with van der Waals surface area (Å²) in [4.78, 5) is 2.79. The van der Waals surface area contributed by atoms with Gasteiger partial charge in [0.1, 0.15) is 0 Å². The Balaban J connectivity index is 1.95. The van der Waals surface area contributed by atoms with Crippen molar-refractivity contribution in [2.45, 2.75) is 71.3 Å². The van der Waals surface area contributed by atoms with Crippen LogP contribution in [-0.2, 0) is 0 Å². The maximum Gasteiger partial charge on any atom is 0.0127 e. The van der Waals surface area contributed by atoms with Gasteiger partial charge in [-0.05, 0) is 50.6 Å². The molecule has 0 aliphatic carbocycles. The highest BCUT2D eigenvalue weighted by molar-refractivity contribution is 4.92. The van der Waals surface area contributed by atoms with Crippen LogP contribution in [0, 0.1) is 11.8 Å². The molecular formula is C15H29N. The molecule has 2 saturated heterocycles. The molecule has 0 N–H and O–H groups in total. The van der Waals surface area contributed by atoms with Crippen molar-refractivity contribution in [2.24, 2.45) is 11.8 Å². The molecule has 1 heteroatoms. The lowest BCUT2D eigenvalue weighted by molar-refractivity contribution is 0.0679. The van der Waals surface area contributed by atoms with Crippen molar-refractivity contribution in [3.05, 3.63) is 0 Å². The molecule has 1 nitrogen and oxygen atoms in total. The molecule has 2 rings (SSSR count). The molecule has 0 aromatic heterocycles. The van der Waals surface area contributed by atoms with E-state index in [2.05, 4.69) is 18.7 Å². The number of nitrogens with zero attached hydrogens (tertiary/aromatic N) is 1. The van der Waals surface area contributed by atoms with E-state index in [1.807, 2.05) is 0 Å². The minimum atomic E-state index is 0.968. The average Bonchev–Trinajstić information content (AvgIpc) is 2.76. The van der Waals surface area contributed by atoms with E-state index in [9.17, 15) is 0 Å². The average molecular weight is 223 g/mol. The second-order valence-electron chi connectivity index (χ2n) is 5.89. The first kappa shape index (κ1) is 12.4. The van der Waals surface area contributed by atoms with Crippen molar-refractivity contribution in [3.63, 3.8) is 0 Å². The molecule has 0 aromatic carbocycles. The number of rotatable bonds is 5. The van der Waals surface area contributed by atoms with Gasteiger partial charge in [-0.3, -0.25) is 0 Å². The summed E-state index contributed by atoms with van der Waals surface area (Å²) in [7, 11) is 0. The SMILES string of the molecule is CCCC[C@H]1CCN2CCC[C@H]2[C@@H]1CCC. The maximum atomic E-state index is 2.79. The fourth-order valence-electron chi connectivity index (χ4n) is 4.06. The smallest absolute Gasteiger partial charge is 0.0127 e. The Morgan fingerprint density at radius 2 is 1.88 bits per heavy atom. The van der Waals surface area contributed by atoms with Crippen LogP contribution in [0.15, 0.2) is 0 Å². The van der Waals surface area contributed by atoms with Gasteiger partial charge in [0, 0.05) is 6.04 Å². The molecule has 2 fully saturated rings. The minimum Gasteiger partial charge on any atom is -0.300 e. The van der Waals surface area contributed by atoms with Gasteiger partial charge in [-0.25, -0.2) is 0 Å². The minimum absolute atomic E-state index is 0.968. The highest BCUT2D eigenvalue weighted by Crippen LogP contribution is 2.40. The highest BCUT2D eigenvalue weighted by atomic mass is 15.2. The normalized spacial score (nSPS) is 35.2. The van der Waals surface area contributed by atoms with Crippen molar-refractivity contribution >= 4 is 0 Å². The number of piperidine rings is 1. The predicted octanol–water partition coefficient (Wildman–Crippen LogP) is 4.08. The van der Waals surface area contributed by atoms with Gasteiger partial charge in [0.05, 0.1) is 0 Å². The monoisotopic (exact) mass is 223 g/mol. The zero-order chi connectivity index (χ0) is 11.4. The molecule has 0 spiro atoms. The zero-order valence-electron chi connectivity index (χ0n) is 11.3. The quantitative estimate of drug-likeness (QED) is 0.679. The lowest BCUT2D eigenvalue weighted by atomic mass is 9.75. The van der Waals surface area contributed by atoms with Crippen LogP contribution in [0.2, 0.25) is 0 Å². The second-order valence-corrected chi connectivity index (χ2v) is 5.89. The Bertz CT molecular complexity index is 202. The van der Waals surface area contributed by atoms with E-state index in [0.717, 1.165) is 17.9 Å². The van der Waals surface area contributed by atoms with Gasteiger partial charge in [-0.15, -0.1) is 0 Å². The van der Waals surface area contributed by atoms with Crippen LogP contribution in [0.3, 0.4) is 0 Å². The molecule has 0 unspecified atom stereocenters. The zero-order valence-corrected chi connectivity index (χ0v) is 11.3. The summed E-state index contributed by atoms with van der Waals surface area (Å²) in [6, 6.07) is 0.968. The Labute approximate surface area is 102 Å². The molecule has 0 bridgehead atoms. The number of hydrogen-bond acceptors (Lipinski definition) is 1. The van der Waals surface area contributed by atoms with E-state index in [4.69, 9.17) is 0 Å². The van der Waals surface area contributed by atoms with E-state index in [-0.39, 0.29) is 0 Å². The van der Waals surface area contributed by atoms with E-state index in [1.165, 1.54) is 64.5 Å². The summed E-state index contributed by atoms with van der Waals surface area (Å²) in [5.41, 5.74) is 0. The van der Waals surface area contributed by atoms with Gasteiger partial charge >= 0.3 is 0 Å². The van der Waals surface area contributed by atoms with Crippen molar-refractivity contribution in [2.75, 3.05) is 13.1 Å². The number of fused-ring (bicyclic) bond motifs is 1. The Morgan fingerprint density at radius 3 is 2.62 bits per heavy atom. The van der Waals surface area contributed by atoms with Crippen LogP contribution in [0.4, 0.5) is 0 Å². The molecule has 0 aromatic rings. The molecule has 3 atom stereocenters. The maximum absolute atomic E-state index is 2.79. The van der Waals surface area contributed by atoms with Crippen molar-refractivity contribution < 1.29 is 0 Å². The Hall–Kier alpha value is -0.0400. The fraction of sp³-hybridized carbons (Fsp3) is 1.00. The Morgan fingerprint density at radius 1 is 1.00 bits per heavy atom. The molecule has 94 valence electrons. The van der Waals surface area contributed by atoms with E-state index >= 15 is 0 Å². The molecule has 0 amide bonds. The van der Waals surface area contributed by atoms with Gasteiger partial charge in [-0.1, -0.05) is 39.5 Å². The summed E-state index contributed by atoms with van der Waals surface area (Å²) < 4.78 is 0. The van der Waals surface area contributed by atoms with Gasteiger partial charge in [0.25, 0.3) is 0 Å². The van der Waals surface area contributed by atoms with Gasteiger partial charge in [0.15, 0.2) is 0 Å². The summed E-state index contributed by atoms with van der Waals surface area (Å²) in [6.07, 6.45) is 11.7. The third kappa shape index (κ3) is 2.61. The van der Waals surface area contributed by atoms with Gasteiger partial charge in [0.2, 0.25) is 0 Å². The molecular weight excluding hydrogens is 194 g/mol. The molecule has 0 saturated carbocycles. The van der Waals surface area contributed by atoms with Crippen molar-refractivity contribution in [1.29, 1.82) is 0 Å². The van der Waals surface area contributed by atoms with Crippen LogP contribution >= 0.6 is 0 Å². The third-order valence-electron chi connectivity index (χ3n) is 4.85. The largest absolute Gasteiger partial charge is 0.300 e. The van der Waals surface area contributed by atoms with E-state index < -0.39 is 0 Å². The third-order valence-corrected chi connectivity index (χ3v) is 4.85. The number of hydrogen-bond donors (Lipinski definition) is 0. The molecule has 16 heavy (non-hydrogen) atoms. The van der Waals surface area contributed by atoms with Gasteiger partial charge < -0.3 is 4.90 Å². The predicted molar refractivity (Wildman–Crippen MR) is 70.6 cm³/mol. The van der Waals surface area contributed by atoms with Gasteiger partial charge in [-0.2, -0.15) is 0 Å². The lowest BCUT2D eigenvalue weighted by Crippen LogP contribution is -2.45. The first-order chi connectivity index (χ1) is 7.86. The lowest BCUT2D eigenvalue weighted by Gasteiger charge is -2.42. The second kappa shape index (κ2) is 6.05. The topological polar surface area (TPSA) is 3.24 Å². The van der Waals surface area contributed by atoms with Crippen molar-refractivity contribution in [1.82, 2.24) is 4.90 Å². The van der Waals surface area contributed by atoms with E-state index in [1.54, 1.807) is 0 Å². The standard InChI is InChI=1S/C15H29N/c1-3-5-8-13-10-12-16-11-6-9-15(16)14(13)7-4-2/h13-15H,3-12H2,1-2H3/t13-,14+,15-/m0/s1. The fourth-order valence-corrected chi connectivity index (χ4v) is 4.06.